The molecule has 0 unspecified atom stereocenters. The van der Waals surface area contributed by atoms with Crippen molar-refractivity contribution in [2.75, 3.05) is 0 Å². The summed E-state index contributed by atoms with van der Waals surface area (Å²) < 4.78 is 39.1. The Bertz CT molecular complexity index is 654. The Hall–Kier alpha value is -2.10. The summed E-state index contributed by atoms with van der Waals surface area (Å²) in [6, 6.07) is 7.10. The molecule has 0 fully saturated rings. The first-order chi connectivity index (χ1) is 9.38. The highest BCUT2D eigenvalue weighted by molar-refractivity contribution is 5.97. The number of carbonyl (C=O) groups excluding carboxylic acids is 1. The predicted octanol–water partition coefficient (Wildman–Crippen LogP) is 4.15. The molecule has 0 aromatic heterocycles. The zero-order valence-corrected chi connectivity index (χ0v) is 11.1. The molecular weight excluding hydrogens is 265 g/mol. The van der Waals surface area contributed by atoms with Gasteiger partial charge in [0, 0.05) is 12.0 Å². The van der Waals surface area contributed by atoms with Crippen molar-refractivity contribution in [3.8, 4) is 0 Å². The van der Waals surface area contributed by atoms with Crippen LogP contribution in [-0.4, -0.2) is 5.78 Å². The first-order valence-corrected chi connectivity index (χ1v) is 6.12. The number of rotatable bonds is 3. The predicted molar refractivity (Wildman–Crippen MR) is 70.3 cm³/mol. The van der Waals surface area contributed by atoms with Gasteiger partial charge in [-0.05, 0) is 37.1 Å². The maximum Gasteiger partial charge on any atom is 0.194 e. The first kappa shape index (κ1) is 14.3. The number of halogens is 3. The summed E-state index contributed by atoms with van der Waals surface area (Å²) in [5.74, 6) is -4.71. The van der Waals surface area contributed by atoms with E-state index >= 15 is 0 Å². The van der Waals surface area contributed by atoms with Crippen LogP contribution in [0.15, 0.2) is 30.3 Å². The highest BCUT2D eigenvalue weighted by Gasteiger charge is 2.16. The third kappa shape index (κ3) is 2.90. The SMILES string of the molecule is Cc1ccc(C)c(CC(=O)c2cc(F)c(F)c(F)c2)c1. The number of hydrogen-bond donors (Lipinski definition) is 0. The van der Waals surface area contributed by atoms with Gasteiger partial charge in [-0.3, -0.25) is 4.79 Å². The third-order valence-electron chi connectivity index (χ3n) is 3.16. The molecule has 0 amide bonds. The zero-order chi connectivity index (χ0) is 14.9. The summed E-state index contributed by atoms with van der Waals surface area (Å²) in [6.07, 6.45) is 0.0258. The monoisotopic (exact) mass is 278 g/mol. The van der Waals surface area contributed by atoms with Gasteiger partial charge in [0.2, 0.25) is 0 Å². The van der Waals surface area contributed by atoms with Crippen molar-refractivity contribution in [2.24, 2.45) is 0 Å². The zero-order valence-electron chi connectivity index (χ0n) is 11.1. The average molecular weight is 278 g/mol. The molecule has 0 aliphatic carbocycles. The average Bonchev–Trinajstić information content (AvgIpc) is 2.39. The molecule has 0 saturated carbocycles. The molecule has 2 aromatic rings. The van der Waals surface area contributed by atoms with Gasteiger partial charge in [0.05, 0.1) is 0 Å². The lowest BCUT2D eigenvalue weighted by atomic mass is 9.97. The number of hydrogen-bond acceptors (Lipinski definition) is 1. The van der Waals surface area contributed by atoms with E-state index < -0.39 is 23.2 Å². The maximum atomic E-state index is 13.1. The molecule has 1 nitrogen and oxygen atoms in total. The highest BCUT2D eigenvalue weighted by Crippen LogP contribution is 2.17. The van der Waals surface area contributed by atoms with E-state index in [2.05, 4.69) is 0 Å². The Balaban J connectivity index is 2.31. The number of Topliss-reactive ketones (excluding diaryl/α,β-unsaturated/α-hetero) is 1. The largest absolute Gasteiger partial charge is 0.294 e. The molecule has 0 aliphatic rings. The Labute approximate surface area is 115 Å². The van der Waals surface area contributed by atoms with Gasteiger partial charge in [0.15, 0.2) is 23.2 Å². The molecule has 0 spiro atoms. The number of carbonyl (C=O) groups is 1. The van der Waals surface area contributed by atoms with Gasteiger partial charge < -0.3 is 0 Å². The fraction of sp³-hybridized carbons (Fsp3) is 0.188. The molecule has 0 atom stereocenters. The topological polar surface area (TPSA) is 17.1 Å². The second kappa shape index (κ2) is 5.49. The van der Waals surface area contributed by atoms with Crippen molar-refractivity contribution in [1.29, 1.82) is 0 Å². The van der Waals surface area contributed by atoms with Crippen molar-refractivity contribution >= 4 is 5.78 Å². The van der Waals surface area contributed by atoms with E-state index in [1.54, 1.807) is 0 Å². The van der Waals surface area contributed by atoms with Crippen LogP contribution in [0.4, 0.5) is 13.2 Å². The normalized spacial score (nSPS) is 10.7. The number of aryl methyl sites for hydroxylation is 2. The van der Waals surface area contributed by atoms with Crippen LogP contribution in [0.5, 0.6) is 0 Å². The van der Waals surface area contributed by atoms with Crippen LogP contribution in [0.25, 0.3) is 0 Å². The molecule has 0 heterocycles. The van der Waals surface area contributed by atoms with Crippen LogP contribution in [0, 0.1) is 31.3 Å². The summed E-state index contributed by atoms with van der Waals surface area (Å²) in [4.78, 5) is 12.0. The van der Waals surface area contributed by atoms with Gasteiger partial charge in [-0.2, -0.15) is 0 Å². The summed E-state index contributed by atoms with van der Waals surface area (Å²) >= 11 is 0. The van der Waals surface area contributed by atoms with E-state index in [1.165, 1.54) is 0 Å². The van der Waals surface area contributed by atoms with Gasteiger partial charge in [0.25, 0.3) is 0 Å². The van der Waals surface area contributed by atoms with Crippen LogP contribution in [0.1, 0.15) is 27.0 Å². The van der Waals surface area contributed by atoms with Crippen LogP contribution in [0.3, 0.4) is 0 Å². The smallest absolute Gasteiger partial charge is 0.194 e. The van der Waals surface area contributed by atoms with Crippen molar-refractivity contribution in [3.63, 3.8) is 0 Å². The van der Waals surface area contributed by atoms with Gasteiger partial charge in [-0.25, -0.2) is 13.2 Å². The van der Waals surface area contributed by atoms with E-state index in [4.69, 9.17) is 0 Å². The molecule has 2 rings (SSSR count). The van der Waals surface area contributed by atoms with E-state index in [9.17, 15) is 18.0 Å². The van der Waals surface area contributed by atoms with Crippen LogP contribution in [-0.2, 0) is 6.42 Å². The minimum Gasteiger partial charge on any atom is -0.294 e. The van der Waals surface area contributed by atoms with Gasteiger partial charge in [-0.15, -0.1) is 0 Å². The van der Waals surface area contributed by atoms with Gasteiger partial charge in [-0.1, -0.05) is 23.8 Å². The van der Waals surface area contributed by atoms with Gasteiger partial charge in [0.1, 0.15) is 0 Å². The molecule has 4 heteroatoms. The van der Waals surface area contributed by atoms with Crippen molar-refractivity contribution in [1.82, 2.24) is 0 Å². The molecular formula is C16H13F3O. The van der Waals surface area contributed by atoms with Crippen LogP contribution in [0.2, 0.25) is 0 Å². The lowest BCUT2D eigenvalue weighted by Gasteiger charge is -2.07. The van der Waals surface area contributed by atoms with Gasteiger partial charge >= 0.3 is 0 Å². The van der Waals surface area contributed by atoms with Crippen molar-refractivity contribution < 1.29 is 18.0 Å². The Morgan fingerprint density at radius 2 is 1.60 bits per heavy atom. The second-order valence-corrected chi connectivity index (χ2v) is 4.78. The summed E-state index contributed by atoms with van der Waals surface area (Å²) in [5.41, 5.74) is 2.55. The Morgan fingerprint density at radius 3 is 2.20 bits per heavy atom. The summed E-state index contributed by atoms with van der Waals surface area (Å²) in [5, 5.41) is 0. The molecule has 2 aromatic carbocycles. The van der Waals surface area contributed by atoms with E-state index in [0.717, 1.165) is 28.8 Å². The standard InChI is InChI=1S/C16H13F3O/c1-9-3-4-10(2)11(5-9)8-15(20)12-6-13(17)16(19)14(18)7-12/h3-7H,8H2,1-2H3. The molecule has 0 radical (unpaired) electrons. The van der Waals surface area contributed by atoms with Crippen LogP contribution >= 0.6 is 0 Å². The molecule has 0 bridgehead atoms. The van der Waals surface area contributed by atoms with Crippen molar-refractivity contribution in [2.45, 2.75) is 20.3 Å². The second-order valence-electron chi connectivity index (χ2n) is 4.78. The highest BCUT2D eigenvalue weighted by atomic mass is 19.2. The van der Waals surface area contributed by atoms with E-state index in [0.29, 0.717) is 0 Å². The Kier molecular flexibility index (Phi) is 3.93. The minimum absolute atomic E-state index is 0.0258. The fourth-order valence-corrected chi connectivity index (χ4v) is 1.98. The van der Waals surface area contributed by atoms with E-state index in [-0.39, 0.29) is 12.0 Å². The fourth-order valence-electron chi connectivity index (χ4n) is 1.98. The molecule has 0 saturated heterocycles. The molecule has 0 N–H and O–H groups in total. The number of benzene rings is 2. The lowest BCUT2D eigenvalue weighted by molar-refractivity contribution is 0.0991. The quantitative estimate of drug-likeness (QED) is 0.609. The first-order valence-electron chi connectivity index (χ1n) is 6.12. The minimum atomic E-state index is -1.56. The number of ketones is 1. The maximum absolute atomic E-state index is 13.1. The summed E-state index contributed by atoms with van der Waals surface area (Å²) in [6.45, 7) is 3.75. The molecule has 20 heavy (non-hydrogen) atoms. The van der Waals surface area contributed by atoms with Crippen molar-refractivity contribution in [3.05, 3.63) is 70.0 Å². The molecule has 104 valence electrons. The van der Waals surface area contributed by atoms with Crippen LogP contribution < -0.4 is 0 Å². The summed E-state index contributed by atoms with van der Waals surface area (Å²) in [7, 11) is 0. The lowest BCUT2D eigenvalue weighted by Crippen LogP contribution is -2.07. The third-order valence-corrected chi connectivity index (χ3v) is 3.16. The Morgan fingerprint density at radius 1 is 1.00 bits per heavy atom. The molecule has 0 aliphatic heterocycles. The van der Waals surface area contributed by atoms with E-state index in [1.807, 2.05) is 32.0 Å².